The van der Waals surface area contributed by atoms with Crippen LogP contribution in [0.25, 0.3) is 11.1 Å². The topological polar surface area (TPSA) is 47.9 Å². The SMILES string of the molecule is C=C(C)Oc1ccc(C(C)c2ccc(C(C)(C)C)cc2)cc1.C=C(O)Oc1ccc(-c2ccc(C(C)(C)OC)cc2)cc1.CC.CC.CC. The third-order valence-electron chi connectivity index (χ3n) is 7.46. The van der Waals surface area contributed by atoms with Gasteiger partial charge < -0.3 is 19.3 Å². The smallest absolute Gasteiger partial charge is 0.274 e. The van der Waals surface area contributed by atoms with E-state index in [0.29, 0.717) is 17.4 Å². The van der Waals surface area contributed by atoms with Gasteiger partial charge in [0.2, 0.25) is 0 Å². The van der Waals surface area contributed by atoms with Crippen LogP contribution in [0.1, 0.15) is 118 Å². The zero-order valence-corrected chi connectivity index (χ0v) is 32.9. The zero-order valence-electron chi connectivity index (χ0n) is 32.9. The van der Waals surface area contributed by atoms with E-state index in [1.165, 1.54) is 16.7 Å². The minimum atomic E-state index is -0.311. The molecule has 4 heteroatoms. The average molecular weight is 669 g/mol. The van der Waals surface area contributed by atoms with Crippen LogP contribution < -0.4 is 9.47 Å². The molecule has 1 N–H and O–H groups in total. The number of benzene rings is 4. The van der Waals surface area contributed by atoms with Crippen molar-refractivity contribution in [1.82, 2.24) is 0 Å². The Morgan fingerprint density at radius 3 is 1.29 bits per heavy atom. The van der Waals surface area contributed by atoms with Gasteiger partial charge in [0.1, 0.15) is 11.5 Å². The standard InChI is InChI=1S/C21H26O.C18H20O3.3C2H6/c1-15(2)22-20-13-9-18(10-14-20)16(3)17-7-11-19(12-8-17)21(4,5)6;1-13(19)21-17-11-7-15(8-12-17)14-5-9-16(10-6-14)18(2,3)20-4;3*1-2/h7-14,16H,1H2,2-6H3;5-12,19H,1H2,2-4H3;3*1-2H3. The lowest BCUT2D eigenvalue weighted by Crippen LogP contribution is -2.19. The molecule has 0 aliphatic rings. The Labute approximate surface area is 299 Å². The zero-order chi connectivity index (χ0) is 37.8. The van der Waals surface area contributed by atoms with E-state index in [9.17, 15) is 0 Å². The Bertz CT molecular complexity index is 1470. The molecule has 0 aliphatic carbocycles. The van der Waals surface area contributed by atoms with Gasteiger partial charge in [-0.25, -0.2) is 0 Å². The van der Waals surface area contributed by atoms with E-state index in [2.05, 4.69) is 102 Å². The Hall–Kier alpha value is -4.28. The van der Waals surface area contributed by atoms with Crippen LogP contribution in [0.3, 0.4) is 0 Å². The van der Waals surface area contributed by atoms with E-state index in [0.717, 1.165) is 22.4 Å². The van der Waals surface area contributed by atoms with Crippen LogP contribution in [0, 0.1) is 0 Å². The van der Waals surface area contributed by atoms with Crippen LogP contribution in [0.4, 0.5) is 0 Å². The van der Waals surface area contributed by atoms with E-state index >= 15 is 0 Å². The lowest BCUT2D eigenvalue weighted by atomic mass is 9.85. The molecule has 4 nitrogen and oxygen atoms in total. The first-order chi connectivity index (χ1) is 23.2. The van der Waals surface area contributed by atoms with Crippen molar-refractivity contribution in [3.63, 3.8) is 0 Å². The molecule has 1 atom stereocenters. The minimum absolute atomic E-state index is 0.198. The Kier molecular flexibility index (Phi) is 20.4. The fourth-order valence-electron chi connectivity index (χ4n) is 4.52. The molecule has 0 fully saturated rings. The Balaban J connectivity index is 0.000000817. The highest BCUT2D eigenvalue weighted by atomic mass is 16.6. The van der Waals surface area contributed by atoms with Gasteiger partial charge in [-0.15, -0.1) is 0 Å². The lowest BCUT2D eigenvalue weighted by Gasteiger charge is -2.23. The van der Waals surface area contributed by atoms with Crippen molar-refractivity contribution >= 4 is 0 Å². The predicted molar refractivity (Wildman–Crippen MR) is 213 cm³/mol. The van der Waals surface area contributed by atoms with Gasteiger partial charge in [0.05, 0.1) is 11.4 Å². The first-order valence-electron chi connectivity index (χ1n) is 17.5. The number of methoxy groups -OCH3 is 1. The van der Waals surface area contributed by atoms with E-state index in [1.807, 2.05) is 86.6 Å². The summed E-state index contributed by atoms with van der Waals surface area (Å²) in [6, 6.07) is 33.0. The highest BCUT2D eigenvalue weighted by molar-refractivity contribution is 5.64. The lowest BCUT2D eigenvalue weighted by molar-refractivity contribution is 0.0192. The maximum absolute atomic E-state index is 8.99. The van der Waals surface area contributed by atoms with Crippen molar-refractivity contribution in [3.05, 3.63) is 144 Å². The number of aliphatic hydroxyl groups excluding tert-OH is 1. The van der Waals surface area contributed by atoms with E-state index in [-0.39, 0.29) is 17.0 Å². The molecule has 4 aromatic carbocycles. The third-order valence-corrected chi connectivity index (χ3v) is 7.46. The first kappa shape index (κ1) is 44.7. The normalized spacial score (nSPS) is 10.9. The van der Waals surface area contributed by atoms with E-state index in [4.69, 9.17) is 19.3 Å². The van der Waals surface area contributed by atoms with Crippen LogP contribution in [0.5, 0.6) is 11.5 Å². The van der Waals surface area contributed by atoms with Crippen molar-refractivity contribution in [2.24, 2.45) is 0 Å². The Morgan fingerprint density at radius 2 is 0.918 bits per heavy atom. The molecule has 0 radical (unpaired) electrons. The summed E-state index contributed by atoms with van der Waals surface area (Å²) in [4.78, 5) is 0. The summed E-state index contributed by atoms with van der Waals surface area (Å²) >= 11 is 0. The van der Waals surface area contributed by atoms with Gasteiger partial charge in [-0.2, -0.15) is 0 Å². The highest BCUT2D eigenvalue weighted by Crippen LogP contribution is 2.30. The molecular weight excluding hydrogens is 604 g/mol. The Morgan fingerprint density at radius 1 is 0.571 bits per heavy atom. The molecule has 0 spiro atoms. The van der Waals surface area contributed by atoms with Crippen molar-refractivity contribution in [2.45, 2.75) is 107 Å². The van der Waals surface area contributed by atoms with Gasteiger partial charge in [-0.05, 0) is 90.4 Å². The molecule has 0 aliphatic heterocycles. The number of rotatable bonds is 9. The maximum atomic E-state index is 8.99. The molecule has 0 saturated carbocycles. The van der Waals surface area contributed by atoms with Gasteiger partial charge in [0.25, 0.3) is 5.95 Å². The van der Waals surface area contributed by atoms with Gasteiger partial charge in [-0.3, -0.25) is 0 Å². The van der Waals surface area contributed by atoms with Gasteiger partial charge in [-0.1, -0.05) is 149 Å². The summed E-state index contributed by atoms with van der Waals surface area (Å²) in [5.74, 6) is 2.16. The van der Waals surface area contributed by atoms with Crippen molar-refractivity contribution in [2.75, 3.05) is 7.11 Å². The molecule has 4 aromatic rings. The second-order valence-electron chi connectivity index (χ2n) is 12.3. The molecule has 0 heterocycles. The fraction of sp³-hybridized carbons (Fsp3) is 0.378. The molecule has 1 unspecified atom stereocenters. The second-order valence-corrected chi connectivity index (χ2v) is 12.3. The predicted octanol–water partition coefficient (Wildman–Crippen LogP) is 13.8. The molecule has 4 rings (SSSR count). The number of allylic oxidation sites excluding steroid dienone is 1. The molecular formula is C45H64O4. The monoisotopic (exact) mass is 668 g/mol. The summed E-state index contributed by atoms with van der Waals surface area (Å²) in [7, 11) is 1.71. The molecule has 0 bridgehead atoms. The largest absolute Gasteiger partial charge is 0.481 e. The van der Waals surface area contributed by atoms with E-state index < -0.39 is 0 Å². The van der Waals surface area contributed by atoms with Gasteiger partial charge >= 0.3 is 0 Å². The van der Waals surface area contributed by atoms with Crippen molar-refractivity contribution < 1.29 is 19.3 Å². The summed E-state index contributed by atoms with van der Waals surface area (Å²) in [5.41, 5.74) is 7.21. The van der Waals surface area contributed by atoms with Crippen molar-refractivity contribution in [3.8, 4) is 22.6 Å². The number of ether oxygens (including phenoxy) is 3. The molecule has 0 aromatic heterocycles. The summed E-state index contributed by atoms with van der Waals surface area (Å²) in [6.07, 6.45) is 0. The average Bonchev–Trinajstić information content (AvgIpc) is 3.11. The van der Waals surface area contributed by atoms with Gasteiger partial charge in [0.15, 0.2) is 0 Å². The number of aliphatic hydroxyl groups is 1. The van der Waals surface area contributed by atoms with Crippen molar-refractivity contribution in [1.29, 1.82) is 0 Å². The van der Waals surface area contributed by atoms with Crippen LogP contribution in [0.15, 0.2) is 122 Å². The molecule has 268 valence electrons. The fourth-order valence-corrected chi connectivity index (χ4v) is 4.52. The number of hydrogen-bond acceptors (Lipinski definition) is 4. The highest BCUT2D eigenvalue weighted by Gasteiger charge is 2.19. The maximum Gasteiger partial charge on any atom is 0.274 e. The quantitative estimate of drug-likeness (QED) is 0.180. The minimum Gasteiger partial charge on any atom is -0.481 e. The summed E-state index contributed by atoms with van der Waals surface area (Å²) in [6.45, 7) is 33.9. The van der Waals surface area contributed by atoms with Crippen LogP contribution in [0.2, 0.25) is 0 Å². The van der Waals surface area contributed by atoms with Crippen LogP contribution in [-0.4, -0.2) is 12.2 Å². The van der Waals surface area contributed by atoms with Gasteiger partial charge in [0, 0.05) is 13.0 Å². The molecule has 0 saturated heterocycles. The molecule has 0 amide bonds. The van der Waals surface area contributed by atoms with E-state index in [1.54, 1.807) is 19.2 Å². The summed E-state index contributed by atoms with van der Waals surface area (Å²) in [5, 5.41) is 8.99. The van der Waals surface area contributed by atoms with Crippen LogP contribution >= 0.6 is 0 Å². The molecule has 49 heavy (non-hydrogen) atoms. The third kappa shape index (κ3) is 15.2. The summed E-state index contributed by atoms with van der Waals surface area (Å²) < 4.78 is 16.0. The first-order valence-corrected chi connectivity index (χ1v) is 17.5. The second kappa shape index (κ2) is 22.4. The van der Waals surface area contributed by atoms with Crippen LogP contribution in [-0.2, 0) is 15.8 Å². The number of hydrogen-bond donors (Lipinski definition) is 1.